The SMILES string of the molecule is Nc1nc(NCc2ccccn2)nc(Cl)c1N. The molecule has 0 aliphatic carbocycles. The zero-order valence-corrected chi connectivity index (χ0v) is 9.65. The highest BCUT2D eigenvalue weighted by molar-refractivity contribution is 6.32. The summed E-state index contributed by atoms with van der Waals surface area (Å²) >= 11 is 5.79. The Hall–Kier alpha value is -2.08. The lowest BCUT2D eigenvalue weighted by Crippen LogP contribution is -2.08. The lowest BCUT2D eigenvalue weighted by molar-refractivity contribution is 1.00. The van der Waals surface area contributed by atoms with Gasteiger partial charge >= 0.3 is 0 Å². The van der Waals surface area contributed by atoms with Crippen molar-refractivity contribution in [2.75, 3.05) is 16.8 Å². The molecule has 0 aliphatic heterocycles. The predicted octanol–water partition coefficient (Wildman–Crippen LogP) is 1.30. The van der Waals surface area contributed by atoms with Crippen LogP contribution in [0.3, 0.4) is 0 Å². The lowest BCUT2D eigenvalue weighted by Gasteiger charge is -2.07. The highest BCUT2D eigenvalue weighted by Gasteiger charge is 2.07. The van der Waals surface area contributed by atoms with Crippen LogP contribution in [0.2, 0.25) is 5.15 Å². The van der Waals surface area contributed by atoms with Crippen LogP contribution in [0.25, 0.3) is 0 Å². The van der Waals surface area contributed by atoms with Crippen LogP contribution < -0.4 is 16.8 Å². The van der Waals surface area contributed by atoms with Crippen LogP contribution >= 0.6 is 11.6 Å². The molecule has 0 aromatic carbocycles. The quantitative estimate of drug-likeness (QED) is 0.710. The zero-order chi connectivity index (χ0) is 12.3. The number of hydrogen-bond acceptors (Lipinski definition) is 6. The molecule has 7 heteroatoms. The molecule has 0 aliphatic rings. The number of nitrogens with two attached hydrogens (primary N) is 2. The molecule has 2 aromatic rings. The van der Waals surface area contributed by atoms with Crippen molar-refractivity contribution in [1.29, 1.82) is 0 Å². The van der Waals surface area contributed by atoms with Crippen molar-refractivity contribution in [3.05, 3.63) is 35.2 Å². The van der Waals surface area contributed by atoms with E-state index in [1.807, 2.05) is 18.2 Å². The molecule has 0 saturated heterocycles. The summed E-state index contributed by atoms with van der Waals surface area (Å²) in [6.07, 6.45) is 1.71. The number of hydrogen-bond donors (Lipinski definition) is 3. The van der Waals surface area contributed by atoms with Gasteiger partial charge in [-0.15, -0.1) is 0 Å². The monoisotopic (exact) mass is 250 g/mol. The van der Waals surface area contributed by atoms with Crippen molar-refractivity contribution in [1.82, 2.24) is 15.0 Å². The summed E-state index contributed by atoms with van der Waals surface area (Å²) in [4.78, 5) is 12.1. The molecule has 2 heterocycles. The fraction of sp³-hybridized carbons (Fsp3) is 0.100. The van der Waals surface area contributed by atoms with Crippen molar-refractivity contribution >= 4 is 29.1 Å². The van der Waals surface area contributed by atoms with E-state index >= 15 is 0 Å². The van der Waals surface area contributed by atoms with Gasteiger partial charge in [0.15, 0.2) is 11.0 Å². The third-order valence-corrected chi connectivity index (χ3v) is 2.37. The van der Waals surface area contributed by atoms with E-state index < -0.39 is 0 Å². The van der Waals surface area contributed by atoms with Gasteiger partial charge in [-0.2, -0.15) is 9.97 Å². The van der Waals surface area contributed by atoms with Gasteiger partial charge in [0.05, 0.1) is 12.2 Å². The minimum Gasteiger partial charge on any atom is -0.393 e. The first-order valence-electron chi connectivity index (χ1n) is 4.89. The second-order valence-electron chi connectivity index (χ2n) is 3.31. The first-order valence-corrected chi connectivity index (χ1v) is 5.27. The molecule has 2 rings (SSSR count). The van der Waals surface area contributed by atoms with Crippen molar-refractivity contribution in [3.8, 4) is 0 Å². The van der Waals surface area contributed by atoms with Gasteiger partial charge in [0.1, 0.15) is 5.69 Å². The second-order valence-corrected chi connectivity index (χ2v) is 3.67. The number of rotatable bonds is 3. The van der Waals surface area contributed by atoms with E-state index in [9.17, 15) is 0 Å². The number of aromatic nitrogens is 3. The summed E-state index contributed by atoms with van der Waals surface area (Å²) in [5, 5.41) is 3.10. The Morgan fingerprint density at radius 2 is 2.06 bits per heavy atom. The van der Waals surface area contributed by atoms with Gasteiger partial charge in [0, 0.05) is 6.20 Å². The average Bonchev–Trinajstić information content (AvgIpc) is 2.34. The second kappa shape index (κ2) is 4.84. The maximum atomic E-state index is 5.79. The van der Waals surface area contributed by atoms with Gasteiger partial charge in [0.2, 0.25) is 5.95 Å². The molecular weight excluding hydrogens is 240 g/mol. The van der Waals surface area contributed by atoms with Gasteiger partial charge in [-0.1, -0.05) is 17.7 Å². The Kier molecular flexibility index (Phi) is 3.24. The molecule has 17 heavy (non-hydrogen) atoms. The standard InChI is InChI=1S/C10H11ClN6/c11-8-7(12)9(13)17-10(16-8)15-5-6-3-1-2-4-14-6/h1-4H,5,12H2,(H3,13,15,16,17). The third-order valence-electron chi connectivity index (χ3n) is 2.08. The molecule has 2 aromatic heterocycles. The molecule has 0 saturated carbocycles. The molecule has 0 amide bonds. The van der Waals surface area contributed by atoms with Gasteiger partial charge in [-0.05, 0) is 12.1 Å². The minimum absolute atomic E-state index is 0.140. The number of halogens is 1. The van der Waals surface area contributed by atoms with Crippen molar-refractivity contribution in [2.45, 2.75) is 6.54 Å². The lowest BCUT2D eigenvalue weighted by atomic mass is 10.3. The largest absolute Gasteiger partial charge is 0.393 e. The number of nitrogens with zero attached hydrogens (tertiary/aromatic N) is 3. The summed E-state index contributed by atoms with van der Waals surface area (Å²) in [6.45, 7) is 0.487. The summed E-state index contributed by atoms with van der Waals surface area (Å²) < 4.78 is 0. The zero-order valence-electron chi connectivity index (χ0n) is 8.89. The number of pyridine rings is 1. The van der Waals surface area contributed by atoms with E-state index in [-0.39, 0.29) is 16.7 Å². The average molecular weight is 251 g/mol. The molecule has 5 N–H and O–H groups in total. The highest BCUT2D eigenvalue weighted by Crippen LogP contribution is 2.22. The summed E-state index contributed by atoms with van der Waals surface area (Å²) in [5.74, 6) is 0.487. The smallest absolute Gasteiger partial charge is 0.226 e. The molecule has 0 radical (unpaired) electrons. The van der Waals surface area contributed by atoms with Crippen LogP contribution in [0.1, 0.15) is 5.69 Å². The van der Waals surface area contributed by atoms with Gasteiger partial charge in [-0.3, -0.25) is 4.98 Å². The van der Waals surface area contributed by atoms with Gasteiger partial charge in [-0.25, -0.2) is 0 Å². The minimum atomic E-state index is 0.140. The van der Waals surface area contributed by atoms with Crippen LogP contribution in [0.5, 0.6) is 0 Å². The normalized spacial score (nSPS) is 10.2. The fourth-order valence-corrected chi connectivity index (χ4v) is 1.39. The van der Waals surface area contributed by atoms with Crippen LogP contribution in [0, 0.1) is 0 Å². The van der Waals surface area contributed by atoms with E-state index in [0.717, 1.165) is 5.69 Å². The van der Waals surface area contributed by atoms with Gasteiger partial charge in [0.25, 0.3) is 0 Å². The summed E-state index contributed by atoms with van der Waals surface area (Å²) in [6, 6.07) is 5.63. The van der Waals surface area contributed by atoms with E-state index in [1.165, 1.54) is 0 Å². The van der Waals surface area contributed by atoms with E-state index in [2.05, 4.69) is 20.3 Å². The Bertz CT molecular complexity index is 492. The molecule has 0 atom stereocenters. The molecule has 0 bridgehead atoms. The molecule has 0 unspecified atom stereocenters. The highest BCUT2D eigenvalue weighted by atomic mass is 35.5. The van der Waals surface area contributed by atoms with Crippen molar-refractivity contribution in [3.63, 3.8) is 0 Å². The molecular formula is C10H11ClN6. The number of nitrogens with one attached hydrogen (secondary N) is 1. The molecule has 0 spiro atoms. The van der Waals surface area contributed by atoms with E-state index in [1.54, 1.807) is 6.20 Å². The van der Waals surface area contributed by atoms with Crippen molar-refractivity contribution < 1.29 is 0 Å². The molecule has 6 nitrogen and oxygen atoms in total. The van der Waals surface area contributed by atoms with Crippen LogP contribution in [-0.4, -0.2) is 15.0 Å². The first kappa shape index (κ1) is 11.4. The number of nitrogen functional groups attached to an aromatic ring is 2. The van der Waals surface area contributed by atoms with Crippen LogP contribution in [0.15, 0.2) is 24.4 Å². The topological polar surface area (TPSA) is 103 Å². The van der Waals surface area contributed by atoms with Crippen LogP contribution in [0.4, 0.5) is 17.5 Å². The summed E-state index contributed by atoms with van der Waals surface area (Å²) in [5.41, 5.74) is 12.2. The molecule has 0 fully saturated rings. The molecule has 88 valence electrons. The fourth-order valence-electron chi connectivity index (χ4n) is 1.21. The van der Waals surface area contributed by atoms with E-state index in [4.69, 9.17) is 23.1 Å². The summed E-state index contributed by atoms with van der Waals surface area (Å²) in [7, 11) is 0. The third kappa shape index (κ3) is 2.73. The maximum absolute atomic E-state index is 5.79. The van der Waals surface area contributed by atoms with E-state index in [0.29, 0.717) is 12.5 Å². The number of anilines is 3. The maximum Gasteiger partial charge on any atom is 0.226 e. The predicted molar refractivity (Wildman–Crippen MR) is 67.4 cm³/mol. The Morgan fingerprint density at radius 3 is 2.71 bits per heavy atom. The van der Waals surface area contributed by atoms with Crippen molar-refractivity contribution in [2.24, 2.45) is 0 Å². The Labute approximate surface area is 103 Å². The Morgan fingerprint density at radius 1 is 1.24 bits per heavy atom. The van der Waals surface area contributed by atoms with Crippen LogP contribution in [-0.2, 0) is 6.54 Å². The van der Waals surface area contributed by atoms with Gasteiger partial charge < -0.3 is 16.8 Å². The Balaban J connectivity index is 2.10. The first-order chi connectivity index (χ1) is 8.16.